The maximum absolute atomic E-state index is 15.3. The van der Waals surface area contributed by atoms with Crippen LogP contribution in [0.15, 0.2) is 51.2 Å². The zero-order valence-corrected chi connectivity index (χ0v) is 29.1. The first-order valence-corrected chi connectivity index (χ1v) is 19.7. The van der Waals surface area contributed by atoms with Gasteiger partial charge in [-0.15, -0.1) is 0 Å². The van der Waals surface area contributed by atoms with E-state index in [1.54, 1.807) is 31.4 Å². The molecule has 0 bridgehead atoms. The number of rotatable bonds is 9. The molecule has 0 amide bonds. The molecule has 9 nitrogen and oxygen atoms in total. The van der Waals surface area contributed by atoms with Gasteiger partial charge in [-0.3, -0.25) is 14.1 Å². The summed E-state index contributed by atoms with van der Waals surface area (Å²) in [7, 11) is -5.88. The molecule has 47 heavy (non-hydrogen) atoms. The number of likely N-dealkylation sites (tertiary alicyclic amines) is 1. The fourth-order valence-electron chi connectivity index (χ4n) is 7.46. The summed E-state index contributed by atoms with van der Waals surface area (Å²) >= 11 is 0. The molecule has 1 aromatic heterocycles. The first-order valence-electron chi connectivity index (χ1n) is 16.7. The topological polar surface area (TPSA) is 86.3 Å². The van der Waals surface area contributed by atoms with E-state index in [4.69, 9.17) is 4.74 Å². The van der Waals surface area contributed by atoms with Gasteiger partial charge in [0.2, 0.25) is 15.7 Å². The van der Waals surface area contributed by atoms with Gasteiger partial charge in [-0.1, -0.05) is 6.92 Å². The minimum Gasteiger partial charge on any atom is -0.491 e. The van der Waals surface area contributed by atoms with Crippen molar-refractivity contribution in [2.24, 2.45) is 0 Å². The molecule has 1 atom stereocenters. The van der Waals surface area contributed by atoms with Crippen LogP contribution in [-0.4, -0.2) is 116 Å². The fourth-order valence-corrected chi connectivity index (χ4v) is 9.50. The van der Waals surface area contributed by atoms with Gasteiger partial charge in [0.05, 0.1) is 17.8 Å². The van der Waals surface area contributed by atoms with E-state index in [1.807, 2.05) is 4.90 Å². The Balaban J connectivity index is 1.25. The van der Waals surface area contributed by atoms with Crippen molar-refractivity contribution in [1.82, 2.24) is 19.7 Å². The van der Waals surface area contributed by atoms with Crippen molar-refractivity contribution < 1.29 is 26.1 Å². The molecule has 0 aliphatic carbocycles. The maximum Gasteiger partial charge on any atom is 0.213 e. The molecule has 3 fully saturated rings. The van der Waals surface area contributed by atoms with Crippen LogP contribution in [0.3, 0.4) is 0 Å². The molecule has 0 spiro atoms. The molecule has 0 radical (unpaired) electrons. The quantitative estimate of drug-likeness (QED) is 0.321. The van der Waals surface area contributed by atoms with Crippen molar-refractivity contribution in [1.29, 1.82) is 0 Å². The predicted molar refractivity (Wildman–Crippen MR) is 181 cm³/mol. The van der Waals surface area contributed by atoms with Crippen molar-refractivity contribution in [3.8, 4) is 5.75 Å². The van der Waals surface area contributed by atoms with Gasteiger partial charge in [0.1, 0.15) is 9.79 Å². The number of sulfone groups is 1. The van der Waals surface area contributed by atoms with Gasteiger partial charge in [0.15, 0.2) is 11.6 Å². The second-order valence-electron chi connectivity index (χ2n) is 12.7. The molecule has 2 aromatic carbocycles. The van der Waals surface area contributed by atoms with Crippen molar-refractivity contribution in [3.05, 3.63) is 48.2 Å². The molecule has 3 aromatic rings. The van der Waals surface area contributed by atoms with Crippen LogP contribution in [0.1, 0.15) is 39.5 Å². The van der Waals surface area contributed by atoms with Gasteiger partial charge in [0, 0.05) is 84.9 Å². The van der Waals surface area contributed by atoms with Crippen LogP contribution in [0.5, 0.6) is 5.75 Å². The van der Waals surface area contributed by atoms with Gasteiger partial charge in [-0.2, -0.15) is 4.39 Å². The highest BCUT2D eigenvalue weighted by molar-refractivity contribution is 7.91. The normalized spacial score (nSPS) is 20.6. The Morgan fingerprint density at radius 2 is 1.49 bits per heavy atom. The lowest BCUT2D eigenvalue weighted by atomic mass is 9.96. The number of benzene rings is 2. The van der Waals surface area contributed by atoms with E-state index in [2.05, 4.69) is 26.6 Å². The van der Waals surface area contributed by atoms with E-state index >= 15 is 4.39 Å². The molecular weight excluding hydrogens is 645 g/mol. The van der Waals surface area contributed by atoms with Gasteiger partial charge >= 0.3 is 0 Å². The molecular formula is C34H45F2N5O4S2. The van der Waals surface area contributed by atoms with Crippen LogP contribution in [0.4, 0.5) is 14.5 Å². The van der Waals surface area contributed by atoms with Gasteiger partial charge in [-0.25, -0.2) is 12.8 Å². The number of fused-ring (bicyclic) bond motifs is 1. The average molecular weight is 690 g/mol. The number of piperidine rings is 2. The molecule has 256 valence electrons. The standard InChI is InChI=1S/C34H45F2N5O4S2/c1-4-38-18-20-40(21-19-38)25-10-14-39(15-11-25)24-12-16-41(17-13-24)34-27-22-26(46(3)42)6-7-28(27)37-23-31(34)47(43,44)30-9-8-29(45-5-2)32(35)33(30)36/h6-9,22-25H,4-5,10-21H2,1-3H3/t46-/m1/s1. The van der Waals surface area contributed by atoms with E-state index in [0.29, 0.717) is 46.7 Å². The lowest BCUT2D eigenvalue weighted by Gasteiger charge is -2.46. The third-order valence-electron chi connectivity index (χ3n) is 10.2. The minimum atomic E-state index is -4.55. The Bertz CT molecular complexity index is 1720. The van der Waals surface area contributed by atoms with Crippen molar-refractivity contribution in [2.45, 2.75) is 66.3 Å². The van der Waals surface area contributed by atoms with Crippen molar-refractivity contribution in [2.75, 3.05) is 76.7 Å². The Morgan fingerprint density at radius 3 is 2.11 bits per heavy atom. The number of hydrogen-bond donors (Lipinski definition) is 0. The second-order valence-corrected chi connectivity index (χ2v) is 16.0. The SMILES string of the molecule is CCOc1ccc(S(=O)(=O)c2cnc3ccc([S@@](C)=O)cc3c2N2CCC(N3CCC(N4CCN(CC)CC4)CC3)CC2)c(F)c1F. The number of anilines is 1. The number of aromatic nitrogens is 1. The summed E-state index contributed by atoms with van der Waals surface area (Å²) in [4.78, 5) is 13.8. The summed E-state index contributed by atoms with van der Waals surface area (Å²) in [6, 6.07) is 8.34. The van der Waals surface area contributed by atoms with Crippen LogP contribution in [0.2, 0.25) is 0 Å². The van der Waals surface area contributed by atoms with Crippen molar-refractivity contribution in [3.63, 3.8) is 0 Å². The molecule has 0 saturated carbocycles. The third kappa shape index (κ3) is 6.92. The lowest BCUT2D eigenvalue weighted by Crippen LogP contribution is -2.55. The summed E-state index contributed by atoms with van der Waals surface area (Å²) in [5, 5.41) is 0.521. The second kappa shape index (κ2) is 14.4. The zero-order chi connectivity index (χ0) is 33.3. The van der Waals surface area contributed by atoms with E-state index in [-0.39, 0.29) is 17.3 Å². The van der Waals surface area contributed by atoms with Crippen LogP contribution in [0, 0.1) is 11.6 Å². The number of nitrogens with zero attached hydrogens (tertiary/aromatic N) is 5. The number of piperazine rings is 1. The molecule has 13 heteroatoms. The Labute approximate surface area is 279 Å². The first-order chi connectivity index (χ1) is 22.6. The summed E-state index contributed by atoms with van der Waals surface area (Å²) in [5.74, 6) is -3.18. The largest absolute Gasteiger partial charge is 0.491 e. The van der Waals surface area contributed by atoms with Gasteiger partial charge < -0.3 is 19.4 Å². The lowest BCUT2D eigenvalue weighted by molar-refractivity contribution is 0.0449. The highest BCUT2D eigenvalue weighted by Crippen LogP contribution is 2.40. The first kappa shape index (κ1) is 34.2. The van der Waals surface area contributed by atoms with Crippen LogP contribution in [-0.2, 0) is 20.6 Å². The molecule has 6 rings (SSSR count). The number of hydrogen-bond acceptors (Lipinski definition) is 9. The van der Waals surface area contributed by atoms with E-state index in [9.17, 15) is 17.0 Å². The van der Waals surface area contributed by atoms with Crippen molar-refractivity contribution >= 4 is 37.2 Å². The van der Waals surface area contributed by atoms with E-state index < -0.39 is 37.2 Å². The van der Waals surface area contributed by atoms with E-state index in [1.165, 1.54) is 6.20 Å². The average Bonchev–Trinajstić information content (AvgIpc) is 3.09. The molecule has 3 aliphatic heterocycles. The number of likely N-dealkylation sites (N-methyl/N-ethyl adjacent to an activating group) is 1. The molecule has 3 aliphatic rings. The van der Waals surface area contributed by atoms with Crippen LogP contribution < -0.4 is 9.64 Å². The number of halogens is 2. The fraction of sp³-hybridized carbons (Fsp3) is 0.559. The minimum absolute atomic E-state index is 0.104. The van der Waals surface area contributed by atoms with Crippen LogP contribution in [0.25, 0.3) is 10.9 Å². The third-order valence-corrected chi connectivity index (χ3v) is 12.9. The molecule has 3 saturated heterocycles. The Hall–Kier alpha value is -2.71. The molecule has 0 unspecified atom stereocenters. The zero-order valence-electron chi connectivity index (χ0n) is 27.5. The molecule has 0 N–H and O–H groups in total. The summed E-state index contributed by atoms with van der Waals surface area (Å²) < 4.78 is 76.1. The van der Waals surface area contributed by atoms with Gasteiger partial charge in [0.25, 0.3) is 0 Å². The Morgan fingerprint density at radius 1 is 0.851 bits per heavy atom. The highest BCUT2D eigenvalue weighted by Gasteiger charge is 2.35. The molecule has 4 heterocycles. The van der Waals surface area contributed by atoms with Crippen LogP contribution >= 0.6 is 0 Å². The maximum atomic E-state index is 15.3. The monoisotopic (exact) mass is 689 g/mol. The summed E-state index contributed by atoms with van der Waals surface area (Å²) in [5.41, 5.74) is 0.926. The highest BCUT2D eigenvalue weighted by atomic mass is 32.2. The smallest absolute Gasteiger partial charge is 0.213 e. The predicted octanol–water partition coefficient (Wildman–Crippen LogP) is 4.55. The van der Waals surface area contributed by atoms with E-state index in [0.717, 1.165) is 83.6 Å². The summed E-state index contributed by atoms with van der Waals surface area (Å²) in [6.45, 7) is 12.9. The number of ether oxygens (including phenoxy) is 1. The number of pyridine rings is 1. The Kier molecular flexibility index (Phi) is 10.5. The van der Waals surface area contributed by atoms with Gasteiger partial charge in [-0.05, 0) is 82.6 Å². The summed E-state index contributed by atoms with van der Waals surface area (Å²) in [6.07, 6.45) is 6.80.